The molecule has 0 aliphatic heterocycles. The zero-order chi connectivity index (χ0) is 18.4. The van der Waals surface area contributed by atoms with Crippen LogP contribution >= 0.6 is 24.0 Å². The third kappa shape index (κ3) is 5.78. The molecule has 0 radical (unpaired) electrons. The van der Waals surface area contributed by atoms with Crippen LogP contribution in [0.25, 0.3) is 5.82 Å². The smallest absolute Gasteiger partial charge is 0.191 e. The molecule has 0 unspecified atom stereocenters. The normalized spacial score (nSPS) is 11.0. The zero-order valence-corrected chi connectivity index (χ0v) is 18.1. The molecule has 0 atom stereocenters. The molecule has 2 aromatic heterocycles. The fourth-order valence-corrected chi connectivity index (χ4v) is 2.70. The average molecular weight is 476 g/mol. The van der Waals surface area contributed by atoms with Crippen molar-refractivity contribution in [3.63, 3.8) is 0 Å². The summed E-state index contributed by atoms with van der Waals surface area (Å²) in [5, 5.41) is 6.65. The van der Waals surface area contributed by atoms with E-state index < -0.39 is 0 Å². The van der Waals surface area contributed by atoms with E-state index in [0.717, 1.165) is 29.7 Å². The van der Waals surface area contributed by atoms with Crippen LogP contribution in [-0.4, -0.2) is 27.5 Å². The first-order valence-electron chi connectivity index (χ1n) is 8.61. The highest BCUT2D eigenvalue weighted by Gasteiger charge is 2.03. The van der Waals surface area contributed by atoms with Crippen LogP contribution in [0.15, 0.2) is 60.0 Å². The minimum Gasteiger partial charge on any atom is -0.352 e. The van der Waals surface area contributed by atoms with E-state index >= 15 is 0 Å². The second-order valence-electron chi connectivity index (χ2n) is 6.14. The third-order valence-electron chi connectivity index (χ3n) is 4.11. The lowest BCUT2D eigenvalue weighted by Gasteiger charge is -2.12. The van der Waals surface area contributed by atoms with Crippen LogP contribution in [-0.2, 0) is 13.1 Å². The maximum Gasteiger partial charge on any atom is 0.191 e. The van der Waals surface area contributed by atoms with Crippen LogP contribution in [0, 0.1) is 13.8 Å². The van der Waals surface area contributed by atoms with E-state index in [1.54, 1.807) is 13.2 Å². The van der Waals surface area contributed by atoms with Crippen molar-refractivity contribution >= 4 is 29.9 Å². The first kappa shape index (κ1) is 20.9. The highest BCUT2D eigenvalue weighted by Crippen LogP contribution is 2.08. The Morgan fingerprint density at radius 1 is 1.04 bits per heavy atom. The number of imidazole rings is 1. The van der Waals surface area contributed by atoms with E-state index in [1.165, 1.54) is 11.1 Å². The molecule has 3 rings (SSSR count). The molecule has 0 saturated heterocycles. The monoisotopic (exact) mass is 476 g/mol. The molecule has 0 saturated carbocycles. The van der Waals surface area contributed by atoms with Gasteiger partial charge in [0.05, 0.1) is 0 Å². The van der Waals surface area contributed by atoms with Gasteiger partial charge in [0.25, 0.3) is 0 Å². The molecule has 0 bridgehead atoms. The van der Waals surface area contributed by atoms with E-state index in [9.17, 15) is 0 Å². The predicted molar refractivity (Wildman–Crippen MR) is 120 cm³/mol. The van der Waals surface area contributed by atoms with Crippen LogP contribution in [0.5, 0.6) is 0 Å². The quantitative estimate of drug-likeness (QED) is 0.337. The molecule has 0 spiro atoms. The van der Waals surface area contributed by atoms with Gasteiger partial charge >= 0.3 is 0 Å². The van der Waals surface area contributed by atoms with Crippen LogP contribution in [0.4, 0.5) is 0 Å². The molecule has 2 heterocycles. The molecule has 3 aromatic rings. The van der Waals surface area contributed by atoms with Gasteiger partial charge < -0.3 is 10.6 Å². The largest absolute Gasteiger partial charge is 0.352 e. The van der Waals surface area contributed by atoms with Crippen LogP contribution < -0.4 is 10.6 Å². The van der Waals surface area contributed by atoms with Gasteiger partial charge in [0, 0.05) is 38.7 Å². The molecule has 142 valence electrons. The fourth-order valence-electron chi connectivity index (χ4n) is 2.70. The Morgan fingerprint density at radius 2 is 1.81 bits per heavy atom. The number of benzene rings is 1. The number of pyridine rings is 1. The summed E-state index contributed by atoms with van der Waals surface area (Å²) < 4.78 is 1.96. The van der Waals surface area contributed by atoms with Crippen molar-refractivity contribution in [2.24, 2.45) is 4.99 Å². The van der Waals surface area contributed by atoms with E-state index in [1.807, 2.05) is 30.0 Å². The number of halogens is 1. The summed E-state index contributed by atoms with van der Waals surface area (Å²) in [6, 6.07) is 12.5. The minimum atomic E-state index is 0. The van der Waals surface area contributed by atoms with Crippen molar-refractivity contribution in [3.8, 4) is 5.82 Å². The minimum absolute atomic E-state index is 0. The average Bonchev–Trinajstić information content (AvgIpc) is 3.08. The van der Waals surface area contributed by atoms with Crippen molar-refractivity contribution in [1.82, 2.24) is 25.2 Å². The summed E-state index contributed by atoms with van der Waals surface area (Å²) in [4.78, 5) is 13.0. The van der Waals surface area contributed by atoms with Gasteiger partial charge in [0.1, 0.15) is 11.6 Å². The lowest BCUT2D eigenvalue weighted by atomic mass is 10.1. The maximum absolute atomic E-state index is 4.51. The van der Waals surface area contributed by atoms with E-state index in [2.05, 4.69) is 62.8 Å². The second kappa shape index (κ2) is 10.1. The summed E-state index contributed by atoms with van der Waals surface area (Å²) in [5.41, 5.74) is 3.58. The van der Waals surface area contributed by atoms with Crippen molar-refractivity contribution in [2.45, 2.75) is 26.9 Å². The number of hydrogen-bond donors (Lipinski definition) is 2. The Balaban J connectivity index is 0.00000261. The van der Waals surface area contributed by atoms with Crippen molar-refractivity contribution < 1.29 is 0 Å². The number of aryl methyl sites for hydroxylation is 2. The lowest BCUT2D eigenvalue weighted by Crippen LogP contribution is -2.36. The van der Waals surface area contributed by atoms with E-state index in [-0.39, 0.29) is 24.0 Å². The highest BCUT2D eigenvalue weighted by atomic mass is 127. The van der Waals surface area contributed by atoms with Gasteiger partial charge in [0.15, 0.2) is 5.96 Å². The van der Waals surface area contributed by atoms with Gasteiger partial charge in [-0.25, -0.2) is 9.97 Å². The van der Waals surface area contributed by atoms with E-state index in [0.29, 0.717) is 6.54 Å². The summed E-state index contributed by atoms with van der Waals surface area (Å²) in [5.74, 6) is 2.55. The molecular weight excluding hydrogens is 451 g/mol. The number of aromatic nitrogens is 3. The Morgan fingerprint density at radius 3 is 2.41 bits per heavy atom. The number of guanidine groups is 1. The van der Waals surface area contributed by atoms with Gasteiger partial charge in [-0.15, -0.1) is 24.0 Å². The van der Waals surface area contributed by atoms with Gasteiger partial charge in [-0.3, -0.25) is 9.56 Å². The predicted octanol–water partition coefficient (Wildman–Crippen LogP) is 3.37. The topological polar surface area (TPSA) is 67.1 Å². The standard InChI is InChI=1S/C20H24N6.HI/c1-15-5-4-6-17(11-15)12-24-20(21-3)25-14-18-7-8-19(23-13-18)26-10-9-22-16(26)2;/h4-11,13H,12,14H2,1-3H3,(H2,21,24,25);1H. The number of nitrogens with one attached hydrogen (secondary N) is 2. The number of aliphatic imine (C=N–C) groups is 1. The van der Waals surface area contributed by atoms with Crippen LogP contribution in [0.2, 0.25) is 0 Å². The Bertz CT molecular complexity index is 885. The molecule has 7 heteroatoms. The van der Waals surface area contributed by atoms with Crippen molar-refractivity contribution in [3.05, 3.63) is 77.5 Å². The molecule has 2 N–H and O–H groups in total. The van der Waals surface area contributed by atoms with E-state index in [4.69, 9.17) is 0 Å². The molecular formula is C20H25IN6. The number of rotatable bonds is 5. The van der Waals surface area contributed by atoms with Crippen molar-refractivity contribution in [2.75, 3.05) is 7.05 Å². The lowest BCUT2D eigenvalue weighted by molar-refractivity contribution is 0.804. The fraction of sp³-hybridized carbons (Fsp3) is 0.250. The first-order chi connectivity index (χ1) is 12.7. The molecule has 0 aliphatic carbocycles. The van der Waals surface area contributed by atoms with Gasteiger partial charge in [-0.2, -0.15) is 0 Å². The molecule has 0 amide bonds. The molecule has 0 aliphatic rings. The SMILES string of the molecule is CN=C(NCc1ccc(-n2ccnc2C)nc1)NCc1cccc(C)c1.I. The summed E-state index contributed by atoms with van der Waals surface area (Å²) in [7, 11) is 1.77. The Hall–Kier alpha value is -2.42. The second-order valence-corrected chi connectivity index (χ2v) is 6.14. The Labute approximate surface area is 177 Å². The van der Waals surface area contributed by atoms with Gasteiger partial charge in [0.2, 0.25) is 0 Å². The molecule has 0 fully saturated rings. The summed E-state index contributed by atoms with van der Waals surface area (Å²) in [6.07, 6.45) is 5.55. The van der Waals surface area contributed by atoms with Crippen LogP contribution in [0.3, 0.4) is 0 Å². The molecule has 1 aromatic carbocycles. The molecule has 6 nitrogen and oxygen atoms in total. The Kier molecular flexibility index (Phi) is 7.78. The zero-order valence-electron chi connectivity index (χ0n) is 15.8. The highest BCUT2D eigenvalue weighted by molar-refractivity contribution is 14.0. The van der Waals surface area contributed by atoms with Crippen molar-refractivity contribution in [1.29, 1.82) is 0 Å². The van der Waals surface area contributed by atoms with Crippen LogP contribution in [0.1, 0.15) is 22.5 Å². The summed E-state index contributed by atoms with van der Waals surface area (Å²) in [6.45, 7) is 5.45. The third-order valence-corrected chi connectivity index (χ3v) is 4.11. The van der Waals surface area contributed by atoms with Gasteiger partial charge in [-0.1, -0.05) is 35.9 Å². The number of hydrogen-bond acceptors (Lipinski definition) is 3. The van der Waals surface area contributed by atoms with Gasteiger partial charge in [-0.05, 0) is 31.0 Å². The number of nitrogens with zero attached hydrogens (tertiary/aromatic N) is 4. The summed E-state index contributed by atoms with van der Waals surface area (Å²) >= 11 is 0. The first-order valence-corrected chi connectivity index (χ1v) is 8.61. The molecule has 27 heavy (non-hydrogen) atoms. The maximum atomic E-state index is 4.51.